The molecule has 100 valence electrons. The van der Waals surface area contributed by atoms with Crippen LogP contribution in [0.15, 0.2) is 35.7 Å². The molecule has 0 aliphatic carbocycles. The van der Waals surface area contributed by atoms with Gasteiger partial charge in [-0.2, -0.15) is 0 Å². The number of carbonyl (C=O) groups excluding carboxylic acids is 1. The Balaban J connectivity index is 2.15. The Morgan fingerprint density at radius 2 is 2.26 bits per heavy atom. The van der Waals surface area contributed by atoms with Crippen LogP contribution in [0.4, 0.5) is 5.69 Å². The molecule has 0 aliphatic rings. The molecule has 2 aromatic rings. The van der Waals surface area contributed by atoms with Gasteiger partial charge >= 0.3 is 0 Å². The molecule has 2 rings (SSSR count). The molecule has 5 heteroatoms. The summed E-state index contributed by atoms with van der Waals surface area (Å²) in [6.07, 6.45) is 0. The molecule has 0 saturated carbocycles. The maximum Gasteiger partial charge on any atom is 0.265 e. The second-order valence-corrected chi connectivity index (χ2v) is 5.33. The standard InChI is InChI=1S/C14H14BrNO2S/c1-2-18-12-6-5-11(8-10(12)9-15)16-14(17)13-4-3-7-19-13/h3-8H,2,9H2,1H3,(H,16,17). The number of amides is 1. The highest BCUT2D eigenvalue weighted by Crippen LogP contribution is 2.25. The average molecular weight is 340 g/mol. The molecule has 0 saturated heterocycles. The summed E-state index contributed by atoms with van der Waals surface area (Å²) in [6.45, 7) is 2.57. The lowest BCUT2D eigenvalue weighted by atomic mass is 10.2. The van der Waals surface area contributed by atoms with Crippen LogP contribution in [0.3, 0.4) is 0 Å². The minimum absolute atomic E-state index is 0.0836. The fourth-order valence-corrected chi connectivity index (χ4v) is 2.72. The lowest BCUT2D eigenvalue weighted by Crippen LogP contribution is -2.10. The van der Waals surface area contributed by atoms with Crippen molar-refractivity contribution < 1.29 is 9.53 Å². The zero-order chi connectivity index (χ0) is 13.7. The number of halogens is 1. The van der Waals surface area contributed by atoms with E-state index in [1.54, 1.807) is 6.07 Å². The highest BCUT2D eigenvalue weighted by Gasteiger charge is 2.09. The van der Waals surface area contributed by atoms with Crippen LogP contribution in [0.1, 0.15) is 22.2 Å². The summed E-state index contributed by atoms with van der Waals surface area (Å²) in [7, 11) is 0. The van der Waals surface area contributed by atoms with Crippen molar-refractivity contribution in [1.82, 2.24) is 0 Å². The van der Waals surface area contributed by atoms with Gasteiger partial charge in [0.05, 0.1) is 11.5 Å². The molecule has 0 unspecified atom stereocenters. The number of ether oxygens (including phenoxy) is 1. The van der Waals surface area contributed by atoms with Crippen LogP contribution in [0, 0.1) is 0 Å². The Morgan fingerprint density at radius 1 is 1.42 bits per heavy atom. The van der Waals surface area contributed by atoms with Crippen LogP contribution >= 0.6 is 27.3 Å². The number of nitrogens with one attached hydrogen (secondary N) is 1. The zero-order valence-corrected chi connectivity index (χ0v) is 12.9. The second kappa shape index (κ2) is 6.73. The maximum absolute atomic E-state index is 11.9. The van der Waals surface area contributed by atoms with Crippen LogP contribution in [0.25, 0.3) is 0 Å². The molecule has 0 bridgehead atoms. The number of hydrogen-bond acceptors (Lipinski definition) is 3. The molecule has 19 heavy (non-hydrogen) atoms. The lowest BCUT2D eigenvalue weighted by molar-refractivity contribution is 0.103. The van der Waals surface area contributed by atoms with Gasteiger partial charge in [0.2, 0.25) is 0 Å². The first-order chi connectivity index (χ1) is 9.24. The molecule has 0 atom stereocenters. The molecule has 1 aromatic heterocycles. The predicted molar refractivity (Wildman–Crippen MR) is 82.5 cm³/mol. The van der Waals surface area contributed by atoms with Gasteiger partial charge in [-0.1, -0.05) is 22.0 Å². The molecular formula is C14H14BrNO2S. The number of benzene rings is 1. The Labute approximate surface area is 124 Å². The number of rotatable bonds is 5. The Morgan fingerprint density at radius 3 is 2.89 bits per heavy atom. The van der Waals surface area contributed by atoms with Crippen molar-refractivity contribution in [3.63, 3.8) is 0 Å². The Hall–Kier alpha value is -1.33. The lowest BCUT2D eigenvalue weighted by Gasteiger charge is -2.11. The fraction of sp³-hybridized carbons (Fsp3) is 0.214. The molecule has 0 radical (unpaired) electrons. The number of alkyl halides is 1. The molecule has 0 spiro atoms. The van der Waals surface area contributed by atoms with Gasteiger partial charge in [0, 0.05) is 16.6 Å². The highest BCUT2D eigenvalue weighted by atomic mass is 79.9. The van der Waals surface area contributed by atoms with Crippen LogP contribution < -0.4 is 10.1 Å². The van der Waals surface area contributed by atoms with Gasteiger partial charge in [0.25, 0.3) is 5.91 Å². The van der Waals surface area contributed by atoms with Crippen molar-refractivity contribution in [1.29, 1.82) is 0 Å². The summed E-state index contributed by atoms with van der Waals surface area (Å²) in [5.41, 5.74) is 1.79. The van der Waals surface area contributed by atoms with Crippen LogP contribution in [0.2, 0.25) is 0 Å². The molecule has 1 amide bonds. The normalized spacial score (nSPS) is 10.2. The van der Waals surface area contributed by atoms with Gasteiger partial charge in [0.1, 0.15) is 5.75 Å². The molecular weight excluding hydrogens is 326 g/mol. The third-order valence-electron chi connectivity index (χ3n) is 2.51. The Kier molecular flexibility index (Phi) is 4.99. The zero-order valence-electron chi connectivity index (χ0n) is 10.5. The van der Waals surface area contributed by atoms with Gasteiger partial charge in [-0.05, 0) is 36.6 Å². The molecule has 0 aliphatic heterocycles. The highest BCUT2D eigenvalue weighted by molar-refractivity contribution is 9.08. The van der Waals surface area contributed by atoms with Crippen molar-refractivity contribution >= 4 is 38.9 Å². The maximum atomic E-state index is 11.9. The monoisotopic (exact) mass is 339 g/mol. The molecule has 1 heterocycles. The first kappa shape index (κ1) is 14.1. The van der Waals surface area contributed by atoms with Gasteiger partial charge < -0.3 is 10.1 Å². The quantitative estimate of drug-likeness (QED) is 0.825. The summed E-state index contributed by atoms with van der Waals surface area (Å²) < 4.78 is 5.52. The summed E-state index contributed by atoms with van der Waals surface area (Å²) >= 11 is 4.85. The van der Waals surface area contributed by atoms with E-state index in [2.05, 4.69) is 21.2 Å². The van der Waals surface area contributed by atoms with E-state index in [1.165, 1.54) is 11.3 Å². The van der Waals surface area contributed by atoms with E-state index in [1.807, 2.05) is 36.6 Å². The first-order valence-corrected chi connectivity index (χ1v) is 7.91. The van der Waals surface area contributed by atoms with Crippen molar-refractivity contribution in [2.75, 3.05) is 11.9 Å². The number of thiophene rings is 1. The van der Waals surface area contributed by atoms with Crippen molar-refractivity contribution in [3.8, 4) is 5.75 Å². The summed E-state index contributed by atoms with van der Waals surface area (Å²) in [4.78, 5) is 12.6. The van der Waals surface area contributed by atoms with Gasteiger partial charge in [-0.3, -0.25) is 4.79 Å². The summed E-state index contributed by atoms with van der Waals surface area (Å²) in [5, 5.41) is 5.45. The SMILES string of the molecule is CCOc1ccc(NC(=O)c2cccs2)cc1CBr. The van der Waals surface area contributed by atoms with Crippen molar-refractivity contribution in [2.45, 2.75) is 12.3 Å². The number of hydrogen-bond donors (Lipinski definition) is 1. The summed E-state index contributed by atoms with van der Waals surface area (Å²) in [6, 6.07) is 9.32. The molecule has 1 aromatic carbocycles. The van der Waals surface area contributed by atoms with E-state index < -0.39 is 0 Å². The third kappa shape index (κ3) is 3.58. The van der Waals surface area contributed by atoms with E-state index in [0.29, 0.717) is 16.8 Å². The molecule has 1 N–H and O–H groups in total. The van der Waals surface area contributed by atoms with Gasteiger partial charge in [-0.15, -0.1) is 11.3 Å². The number of anilines is 1. The van der Waals surface area contributed by atoms with E-state index in [9.17, 15) is 4.79 Å². The average Bonchev–Trinajstić information content (AvgIpc) is 2.94. The van der Waals surface area contributed by atoms with Crippen LogP contribution in [-0.2, 0) is 5.33 Å². The smallest absolute Gasteiger partial charge is 0.265 e. The van der Waals surface area contributed by atoms with Gasteiger partial charge in [0.15, 0.2) is 0 Å². The number of carbonyl (C=O) groups is 1. The minimum atomic E-state index is -0.0836. The van der Waals surface area contributed by atoms with E-state index in [-0.39, 0.29) is 5.91 Å². The molecule has 0 fully saturated rings. The first-order valence-electron chi connectivity index (χ1n) is 5.91. The largest absolute Gasteiger partial charge is 0.494 e. The van der Waals surface area contributed by atoms with Crippen molar-refractivity contribution in [3.05, 3.63) is 46.2 Å². The topological polar surface area (TPSA) is 38.3 Å². The van der Waals surface area contributed by atoms with E-state index in [4.69, 9.17) is 4.74 Å². The predicted octanol–water partition coefficient (Wildman–Crippen LogP) is 4.29. The van der Waals surface area contributed by atoms with Crippen molar-refractivity contribution in [2.24, 2.45) is 0 Å². The van der Waals surface area contributed by atoms with Crippen LogP contribution in [-0.4, -0.2) is 12.5 Å². The Bertz CT molecular complexity index is 555. The molecule has 3 nitrogen and oxygen atoms in total. The summed E-state index contributed by atoms with van der Waals surface area (Å²) in [5.74, 6) is 0.758. The minimum Gasteiger partial charge on any atom is -0.494 e. The van der Waals surface area contributed by atoms with Crippen LogP contribution in [0.5, 0.6) is 5.75 Å². The van der Waals surface area contributed by atoms with Gasteiger partial charge in [-0.25, -0.2) is 0 Å². The van der Waals surface area contributed by atoms with E-state index in [0.717, 1.165) is 17.0 Å². The fourth-order valence-electron chi connectivity index (χ4n) is 1.66. The second-order valence-electron chi connectivity index (χ2n) is 3.82. The van der Waals surface area contributed by atoms with E-state index >= 15 is 0 Å². The third-order valence-corrected chi connectivity index (χ3v) is 3.98.